The molecule has 2 aliphatic heterocycles. The average Bonchev–Trinajstić information content (AvgIpc) is 3.40. The molecule has 16 nitrogen and oxygen atoms in total. The van der Waals surface area contributed by atoms with Gasteiger partial charge in [0.2, 0.25) is 0 Å². The Morgan fingerprint density at radius 1 is 0.756 bits per heavy atom. The number of carbonyl (C=O) groups is 4. The molecule has 0 bridgehead atoms. The van der Waals surface area contributed by atoms with E-state index in [1.165, 1.54) is 0 Å². The van der Waals surface area contributed by atoms with E-state index in [1.807, 2.05) is 0 Å². The van der Waals surface area contributed by atoms with Gasteiger partial charge in [-0.2, -0.15) is 37.1 Å². The van der Waals surface area contributed by atoms with E-state index in [0.717, 1.165) is 66.8 Å². The van der Waals surface area contributed by atoms with Crippen molar-refractivity contribution in [1.82, 2.24) is 0 Å². The summed E-state index contributed by atoms with van der Waals surface area (Å²) in [6, 6.07) is 8.32. The van der Waals surface area contributed by atoms with Crippen LogP contribution in [0.1, 0.15) is 0 Å². The summed E-state index contributed by atoms with van der Waals surface area (Å²) in [6.45, 7) is 0. The van der Waals surface area contributed by atoms with Crippen molar-refractivity contribution >= 4 is 66.8 Å². The Kier molecular flexibility index (Phi) is 7.42. The SMILES string of the molecule is O=C(O)C1=NN(c2ccc(S(=O)(=O)O)cc2)C(=O)/C1=C\C=C\C1C(=O)N(c2ccc(S(=O)(=O)O)cc2)N=C1C(=O)O. The molecule has 2 aliphatic rings. The van der Waals surface area contributed by atoms with Crippen LogP contribution in [0.5, 0.6) is 0 Å². The molecule has 2 heterocycles. The molecular formula is C23H16N4O12S2. The van der Waals surface area contributed by atoms with Gasteiger partial charge >= 0.3 is 11.9 Å². The van der Waals surface area contributed by atoms with Gasteiger partial charge in [-0.3, -0.25) is 18.7 Å². The number of aliphatic carboxylic acids is 2. The summed E-state index contributed by atoms with van der Waals surface area (Å²) in [5, 5.41) is 27.9. The maximum atomic E-state index is 13.0. The van der Waals surface area contributed by atoms with Crippen molar-refractivity contribution in [3.05, 3.63) is 72.3 Å². The topological polar surface area (TPSA) is 249 Å². The first-order valence-electron chi connectivity index (χ1n) is 11.0. The lowest BCUT2D eigenvalue weighted by Gasteiger charge is -2.13. The molecule has 0 fully saturated rings. The Morgan fingerprint density at radius 2 is 1.24 bits per heavy atom. The molecule has 1 atom stereocenters. The van der Waals surface area contributed by atoms with Crippen LogP contribution in [0.2, 0.25) is 0 Å². The van der Waals surface area contributed by atoms with E-state index in [1.54, 1.807) is 0 Å². The Balaban J connectivity index is 1.61. The number of hydrazone groups is 2. The second-order valence-corrected chi connectivity index (χ2v) is 11.0. The maximum Gasteiger partial charge on any atom is 0.357 e. The fourth-order valence-electron chi connectivity index (χ4n) is 3.68. The lowest BCUT2D eigenvalue weighted by Crippen LogP contribution is -2.28. The predicted molar refractivity (Wildman–Crippen MR) is 138 cm³/mol. The zero-order chi connectivity index (χ0) is 30.3. The minimum Gasteiger partial charge on any atom is -0.477 e. The normalized spacial score (nSPS) is 18.8. The van der Waals surface area contributed by atoms with Gasteiger partial charge in [-0.15, -0.1) is 0 Å². The molecule has 0 radical (unpaired) electrons. The number of hydrogen-bond donors (Lipinski definition) is 4. The fourth-order valence-corrected chi connectivity index (χ4v) is 4.64. The molecule has 0 spiro atoms. The highest BCUT2D eigenvalue weighted by Crippen LogP contribution is 2.28. The van der Waals surface area contributed by atoms with Gasteiger partial charge in [0, 0.05) is 0 Å². The van der Waals surface area contributed by atoms with Gasteiger partial charge in [0.25, 0.3) is 32.1 Å². The van der Waals surface area contributed by atoms with E-state index in [0.29, 0.717) is 10.0 Å². The number of hydrogen-bond acceptors (Lipinski definition) is 10. The highest BCUT2D eigenvalue weighted by molar-refractivity contribution is 7.86. The van der Waals surface area contributed by atoms with Gasteiger partial charge < -0.3 is 10.2 Å². The largest absolute Gasteiger partial charge is 0.477 e. The Hall–Kier alpha value is -5.04. The average molecular weight is 605 g/mol. The van der Waals surface area contributed by atoms with E-state index in [9.17, 15) is 46.2 Å². The number of carbonyl (C=O) groups excluding carboxylic acids is 2. The van der Waals surface area contributed by atoms with Crippen molar-refractivity contribution in [1.29, 1.82) is 0 Å². The summed E-state index contributed by atoms with van der Waals surface area (Å²) in [7, 11) is -9.05. The van der Waals surface area contributed by atoms with Crippen LogP contribution < -0.4 is 10.0 Å². The summed E-state index contributed by atoms with van der Waals surface area (Å²) in [5.41, 5.74) is -1.84. The molecule has 1 unspecified atom stereocenters. The van der Waals surface area contributed by atoms with Gasteiger partial charge in [-0.25, -0.2) is 9.59 Å². The van der Waals surface area contributed by atoms with Gasteiger partial charge in [-0.05, 0) is 54.6 Å². The second kappa shape index (κ2) is 10.5. The van der Waals surface area contributed by atoms with Gasteiger partial charge in [-0.1, -0.05) is 12.2 Å². The molecule has 2 aromatic rings. The summed E-state index contributed by atoms with van der Waals surface area (Å²) < 4.78 is 63.2. The van der Waals surface area contributed by atoms with Crippen molar-refractivity contribution < 1.29 is 55.3 Å². The van der Waals surface area contributed by atoms with E-state index in [-0.39, 0.29) is 11.4 Å². The van der Waals surface area contributed by atoms with Crippen LogP contribution in [0.4, 0.5) is 11.4 Å². The van der Waals surface area contributed by atoms with Crippen LogP contribution in [0.25, 0.3) is 0 Å². The molecule has 212 valence electrons. The molecule has 41 heavy (non-hydrogen) atoms. The maximum absolute atomic E-state index is 13.0. The Morgan fingerprint density at radius 3 is 1.68 bits per heavy atom. The van der Waals surface area contributed by atoms with Crippen LogP contribution in [0, 0.1) is 5.92 Å². The van der Waals surface area contributed by atoms with Crippen molar-refractivity contribution in [3.8, 4) is 0 Å². The molecule has 2 amide bonds. The molecular weight excluding hydrogens is 588 g/mol. The van der Waals surface area contributed by atoms with Crippen molar-refractivity contribution in [2.45, 2.75) is 9.79 Å². The molecule has 4 N–H and O–H groups in total. The molecule has 2 aromatic carbocycles. The summed E-state index contributed by atoms with van der Waals surface area (Å²) in [5.74, 6) is -6.48. The minimum atomic E-state index is -4.53. The van der Waals surface area contributed by atoms with Crippen molar-refractivity contribution in [3.63, 3.8) is 0 Å². The number of carboxylic acid groups (broad SMARTS) is 2. The van der Waals surface area contributed by atoms with Gasteiger partial charge in [0.1, 0.15) is 5.92 Å². The zero-order valence-electron chi connectivity index (χ0n) is 20.1. The first-order chi connectivity index (χ1) is 19.1. The highest BCUT2D eigenvalue weighted by atomic mass is 32.2. The Bertz CT molecular complexity index is 1830. The number of rotatable bonds is 8. The van der Waals surface area contributed by atoms with Crippen molar-refractivity contribution in [2.24, 2.45) is 16.1 Å². The van der Waals surface area contributed by atoms with Crippen LogP contribution in [0.3, 0.4) is 0 Å². The molecule has 18 heteroatoms. The minimum absolute atomic E-state index is 0.0164. The van der Waals surface area contributed by atoms with E-state index in [2.05, 4.69) is 10.2 Å². The third-order valence-electron chi connectivity index (χ3n) is 5.60. The summed E-state index contributed by atoms with van der Waals surface area (Å²) in [6.07, 6.45) is 3.09. The monoisotopic (exact) mass is 604 g/mol. The van der Waals surface area contributed by atoms with E-state index in [4.69, 9.17) is 9.11 Å². The third kappa shape index (κ3) is 5.79. The molecule has 0 aliphatic carbocycles. The number of nitrogens with zero attached hydrogens (tertiary/aromatic N) is 4. The van der Waals surface area contributed by atoms with Crippen LogP contribution >= 0.6 is 0 Å². The number of allylic oxidation sites excluding steroid dienone is 2. The van der Waals surface area contributed by atoms with Crippen LogP contribution in [-0.2, 0) is 39.4 Å². The predicted octanol–water partition coefficient (Wildman–Crippen LogP) is 0.553. The van der Waals surface area contributed by atoms with Crippen molar-refractivity contribution in [2.75, 3.05) is 10.0 Å². The Labute approximate surface area is 230 Å². The number of amides is 2. The van der Waals surface area contributed by atoms with Gasteiger partial charge in [0.15, 0.2) is 11.4 Å². The molecule has 4 rings (SSSR count). The molecule has 0 saturated carbocycles. The van der Waals surface area contributed by atoms with E-state index >= 15 is 0 Å². The lowest BCUT2D eigenvalue weighted by atomic mass is 10.0. The van der Waals surface area contributed by atoms with E-state index < -0.39 is 76.7 Å². The third-order valence-corrected chi connectivity index (χ3v) is 7.34. The lowest BCUT2D eigenvalue weighted by molar-refractivity contribution is -0.130. The first-order valence-corrected chi connectivity index (χ1v) is 13.8. The summed E-state index contributed by atoms with van der Waals surface area (Å²) in [4.78, 5) is 48.4. The zero-order valence-corrected chi connectivity index (χ0v) is 21.7. The first kappa shape index (κ1) is 29.0. The highest BCUT2D eigenvalue weighted by Gasteiger charge is 2.39. The number of benzene rings is 2. The fraction of sp³-hybridized carbons (Fsp3) is 0.0435. The number of carboxylic acids is 2. The molecule has 0 saturated heterocycles. The smallest absolute Gasteiger partial charge is 0.357 e. The van der Waals surface area contributed by atoms with Gasteiger partial charge in [0.05, 0.1) is 26.7 Å². The second-order valence-electron chi connectivity index (χ2n) is 8.19. The van der Waals surface area contributed by atoms with Crippen LogP contribution in [-0.4, -0.2) is 71.3 Å². The molecule has 0 aromatic heterocycles. The summed E-state index contributed by atoms with van der Waals surface area (Å²) >= 11 is 0. The number of anilines is 2. The van der Waals surface area contributed by atoms with Crippen LogP contribution in [0.15, 0.2) is 92.3 Å². The standard InChI is InChI=1S/C23H16N4O12S2/c28-20-16(18(22(30)31)24-26(20)12-4-8-14(9-5-12)40(34,35)36)2-1-3-17-19(23(32)33)25-27(21(17)29)13-6-10-15(11-7-13)41(37,38)39/h1-11,16H,(H,30,31)(H,32,33)(H,34,35,36)(H,37,38,39)/b2-1+,17-3-. The quantitative estimate of drug-likeness (QED) is 0.238.